The fraction of sp³-hybridized carbons (Fsp3) is 0.467. The predicted molar refractivity (Wildman–Crippen MR) is 81.2 cm³/mol. The van der Waals surface area contributed by atoms with E-state index in [2.05, 4.69) is 17.6 Å². The summed E-state index contributed by atoms with van der Waals surface area (Å²) >= 11 is 1.93. The Morgan fingerprint density at radius 1 is 1.50 bits per heavy atom. The van der Waals surface area contributed by atoms with Gasteiger partial charge >= 0.3 is 0 Å². The Morgan fingerprint density at radius 3 is 3.10 bits per heavy atom. The van der Waals surface area contributed by atoms with E-state index in [1.165, 1.54) is 12.2 Å². The molecule has 2 heterocycles. The molecule has 2 amide bonds. The predicted octanol–water partition coefficient (Wildman–Crippen LogP) is 2.20. The maximum atomic E-state index is 12.2. The topological polar surface area (TPSA) is 58.2 Å². The molecule has 2 N–H and O–H groups in total. The van der Waals surface area contributed by atoms with Crippen LogP contribution in [0.2, 0.25) is 0 Å². The number of fused-ring (bicyclic) bond motifs is 1. The molecular weight excluding hydrogens is 272 g/mol. The fourth-order valence-electron chi connectivity index (χ4n) is 2.70. The Bertz CT molecular complexity index is 565. The molecule has 2 aliphatic rings. The molecule has 1 aromatic rings. The molecule has 0 aromatic heterocycles. The molecule has 0 bridgehead atoms. The molecule has 4 nitrogen and oxygen atoms in total. The van der Waals surface area contributed by atoms with E-state index in [-0.39, 0.29) is 16.6 Å². The van der Waals surface area contributed by atoms with Crippen LogP contribution >= 0.6 is 11.8 Å². The minimum absolute atomic E-state index is 0.00701. The van der Waals surface area contributed by atoms with E-state index in [0.717, 1.165) is 17.7 Å². The molecule has 1 atom stereocenters. The van der Waals surface area contributed by atoms with Gasteiger partial charge in [0.2, 0.25) is 5.91 Å². The second-order valence-corrected chi connectivity index (χ2v) is 7.36. The third-order valence-electron chi connectivity index (χ3n) is 3.92. The van der Waals surface area contributed by atoms with Gasteiger partial charge in [0.1, 0.15) is 0 Å². The molecule has 1 saturated heterocycles. The summed E-state index contributed by atoms with van der Waals surface area (Å²) in [6.45, 7) is 2.90. The van der Waals surface area contributed by atoms with Crippen molar-refractivity contribution in [2.45, 2.75) is 30.9 Å². The largest absolute Gasteiger partial charge is 0.351 e. The van der Waals surface area contributed by atoms with Gasteiger partial charge in [-0.25, -0.2) is 0 Å². The van der Waals surface area contributed by atoms with Gasteiger partial charge in [0.25, 0.3) is 5.91 Å². The molecule has 106 valence electrons. The van der Waals surface area contributed by atoms with E-state index in [1.54, 1.807) is 12.1 Å². The Kier molecular flexibility index (Phi) is 3.46. The number of amides is 2. The van der Waals surface area contributed by atoms with Crippen molar-refractivity contribution in [3.8, 4) is 0 Å². The number of thioether (sulfide) groups is 1. The molecule has 0 radical (unpaired) electrons. The number of benzene rings is 1. The number of carbonyl (C=O) groups is 2. The molecular formula is C15H18N2O2S. The summed E-state index contributed by atoms with van der Waals surface area (Å²) in [6, 6.07) is 5.41. The number of nitrogens with one attached hydrogen (secondary N) is 2. The lowest BCUT2D eigenvalue weighted by Crippen LogP contribution is -2.36. The van der Waals surface area contributed by atoms with Gasteiger partial charge in [-0.1, -0.05) is 6.07 Å². The lowest BCUT2D eigenvalue weighted by atomic mass is 10.1. The van der Waals surface area contributed by atoms with E-state index in [1.807, 2.05) is 17.8 Å². The van der Waals surface area contributed by atoms with Crippen molar-refractivity contribution in [1.82, 2.24) is 5.32 Å². The average Bonchev–Trinajstić information content (AvgIpc) is 3.00. The second-order valence-electron chi connectivity index (χ2n) is 5.68. The summed E-state index contributed by atoms with van der Waals surface area (Å²) < 4.78 is 0.167. The molecule has 0 spiro atoms. The standard InChI is InChI=1S/C15H18N2O2S/c1-15(5-2-6-20-15)9-16-14(19)11-4-3-10-8-13(18)17-12(10)7-11/h3-4,7H,2,5-6,8-9H2,1H3,(H,16,19)(H,17,18). The number of carbonyl (C=O) groups excluding carboxylic acids is 2. The Morgan fingerprint density at radius 2 is 2.35 bits per heavy atom. The molecule has 3 rings (SSSR count). The van der Waals surface area contributed by atoms with Crippen LogP contribution in [0, 0.1) is 0 Å². The summed E-state index contributed by atoms with van der Waals surface area (Å²) in [5.74, 6) is 1.10. The maximum Gasteiger partial charge on any atom is 0.251 e. The van der Waals surface area contributed by atoms with Crippen molar-refractivity contribution in [2.75, 3.05) is 17.6 Å². The number of anilines is 1. The van der Waals surface area contributed by atoms with Crippen LogP contribution in [-0.4, -0.2) is 28.9 Å². The van der Waals surface area contributed by atoms with Crippen LogP contribution in [0.1, 0.15) is 35.7 Å². The van der Waals surface area contributed by atoms with E-state index < -0.39 is 0 Å². The summed E-state index contributed by atoms with van der Waals surface area (Å²) in [4.78, 5) is 23.5. The van der Waals surface area contributed by atoms with Gasteiger partial charge in [0, 0.05) is 22.5 Å². The van der Waals surface area contributed by atoms with Crippen LogP contribution in [0.4, 0.5) is 5.69 Å². The van der Waals surface area contributed by atoms with Gasteiger partial charge < -0.3 is 10.6 Å². The summed E-state index contributed by atoms with van der Waals surface area (Å²) in [7, 11) is 0. The summed E-state index contributed by atoms with van der Waals surface area (Å²) in [5.41, 5.74) is 2.34. The van der Waals surface area contributed by atoms with Gasteiger partial charge in [-0.2, -0.15) is 11.8 Å². The summed E-state index contributed by atoms with van der Waals surface area (Å²) in [5, 5.41) is 5.79. The highest BCUT2D eigenvalue weighted by Gasteiger charge is 2.30. The molecule has 1 unspecified atom stereocenters. The monoisotopic (exact) mass is 290 g/mol. The van der Waals surface area contributed by atoms with E-state index in [9.17, 15) is 9.59 Å². The van der Waals surface area contributed by atoms with Crippen LogP contribution in [-0.2, 0) is 11.2 Å². The Labute approximate surface area is 122 Å². The smallest absolute Gasteiger partial charge is 0.251 e. The SMILES string of the molecule is CC1(CNC(=O)c2ccc3c(c2)NC(=O)C3)CCCS1. The van der Waals surface area contributed by atoms with E-state index in [0.29, 0.717) is 18.5 Å². The minimum Gasteiger partial charge on any atom is -0.351 e. The first-order valence-electron chi connectivity index (χ1n) is 6.91. The number of hydrogen-bond acceptors (Lipinski definition) is 3. The highest BCUT2D eigenvalue weighted by molar-refractivity contribution is 8.00. The van der Waals surface area contributed by atoms with Crippen molar-refractivity contribution >= 4 is 29.3 Å². The van der Waals surface area contributed by atoms with Crippen molar-refractivity contribution in [1.29, 1.82) is 0 Å². The molecule has 20 heavy (non-hydrogen) atoms. The highest BCUT2D eigenvalue weighted by Crippen LogP contribution is 2.37. The lowest BCUT2D eigenvalue weighted by molar-refractivity contribution is -0.115. The lowest BCUT2D eigenvalue weighted by Gasteiger charge is -2.22. The van der Waals surface area contributed by atoms with Crippen molar-refractivity contribution in [3.63, 3.8) is 0 Å². The third-order valence-corrected chi connectivity index (χ3v) is 5.46. The van der Waals surface area contributed by atoms with Crippen molar-refractivity contribution in [2.24, 2.45) is 0 Å². The zero-order valence-electron chi connectivity index (χ0n) is 11.5. The first kappa shape index (κ1) is 13.5. The zero-order chi connectivity index (χ0) is 14.2. The van der Waals surface area contributed by atoms with E-state index in [4.69, 9.17) is 0 Å². The number of hydrogen-bond donors (Lipinski definition) is 2. The van der Waals surface area contributed by atoms with Crippen molar-refractivity contribution in [3.05, 3.63) is 29.3 Å². The first-order chi connectivity index (χ1) is 9.56. The highest BCUT2D eigenvalue weighted by atomic mass is 32.2. The zero-order valence-corrected chi connectivity index (χ0v) is 12.3. The molecule has 2 aliphatic heterocycles. The van der Waals surface area contributed by atoms with Crippen LogP contribution in [0.15, 0.2) is 18.2 Å². The van der Waals surface area contributed by atoms with Crippen LogP contribution in [0.5, 0.6) is 0 Å². The van der Waals surface area contributed by atoms with Gasteiger partial charge in [-0.05, 0) is 43.2 Å². The van der Waals surface area contributed by atoms with Crippen LogP contribution in [0.25, 0.3) is 0 Å². The quantitative estimate of drug-likeness (QED) is 0.897. The minimum atomic E-state index is -0.0670. The summed E-state index contributed by atoms with van der Waals surface area (Å²) in [6.07, 6.45) is 2.78. The molecule has 5 heteroatoms. The molecule has 1 aromatic carbocycles. The number of rotatable bonds is 3. The van der Waals surface area contributed by atoms with Crippen molar-refractivity contribution < 1.29 is 9.59 Å². The fourth-order valence-corrected chi connectivity index (χ4v) is 3.95. The first-order valence-corrected chi connectivity index (χ1v) is 7.89. The van der Waals surface area contributed by atoms with Gasteiger partial charge in [-0.3, -0.25) is 9.59 Å². The average molecular weight is 290 g/mol. The third kappa shape index (κ3) is 2.68. The van der Waals surface area contributed by atoms with Gasteiger partial charge in [0.05, 0.1) is 6.42 Å². The maximum absolute atomic E-state index is 12.2. The van der Waals surface area contributed by atoms with Gasteiger partial charge in [-0.15, -0.1) is 0 Å². The van der Waals surface area contributed by atoms with Crippen LogP contribution < -0.4 is 10.6 Å². The van der Waals surface area contributed by atoms with Gasteiger partial charge in [0.15, 0.2) is 0 Å². The molecule has 0 aliphatic carbocycles. The van der Waals surface area contributed by atoms with Crippen LogP contribution in [0.3, 0.4) is 0 Å². The molecule has 1 fully saturated rings. The normalized spacial score (nSPS) is 24.4. The van der Waals surface area contributed by atoms with E-state index >= 15 is 0 Å². The Hall–Kier alpha value is -1.49. The Balaban J connectivity index is 1.66. The molecule has 0 saturated carbocycles. The second kappa shape index (κ2) is 5.13.